The molecular formula is C19H27N3O5S. The molecular weight excluding hydrogens is 382 g/mol. The summed E-state index contributed by atoms with van der Waals surface area (Å²) in [6.45, 7) is 0.748. The molecule has 4 aliphatic rings. The van der Waals surface area contributed by atoms with Gasteiger partial charge in [-0.2, -0.15) is 0 Å². The van der Waals surface area contributed by atoms with E-state index in [1.807, 2.05) is 12.3 Å². The lowest BCUT2D eigenvalue weighted by molar-refractivity contribution is -0.136. The van der Waals surface area contributed by atoms with E-state index >= 15 is 0 Å². The Morgan fingerprint density at radius 3 is 2.75 bits per heavy atom. The maximum Gasteiger partial charge on any atom is 0.260 e. The first-order valence-electron chi connectivity index (χ1n) is 9.86. The summed E-state index contributed by atoms with van der Waals surface area (Å²) in [4.78, 5) is 18.8. The van der Waals surface area contributed by atoms with Crippen molar-refractivity contribution in [1.82, 2.24) is 14.6 Å². The fourth-order valence-corrected chi connectivity index (χ4v) is 5.44. The van der Waals surface area contributed by atoms with E-state index in [4.69, 9.17) is 9.47 Å². The van der Waals surface area contributed by atoms with Crippen LogP contribution in [0.4, 0.5) is 0 Å². The highest BCUT2D eigenvalue weighted by atomic mass is 32.2. The third-order valence-corrected chi connectivity index (χ3v) is 6.74. The molecule has 0 unspecified atom stereocenters. The van der Waals surface area contributed by atoms with Crippen LogP contribution in [0.1, 0.15) is 43.6 Å². The summed E-state index contributed by atoms with van der Waals surface area (Å²) >= 11 is 0. The van der Waals surface area contributed by atoms with Crippen LogP contribution >= 0.6 is 0 Å². The highest BCUT2D eigenvalue weighted by Gasteiger charge is 2.39. The van der Waals surface area contributed by atoms with E-state index in [0.717, 1.165) is 37.5 Å². The molecule has 1 N–H and O–H groups in total. The zero-order chi connectivity index (χ0) is 19.7. The van der Waals surface area contributed by atoms with Crippen molar-refractivity contribution < 1.29 is 22.7 Å². The summed E-state index contributed by atoms with van der Waals surface area (Å²) in [6.07, 6.45) is 9.22. The van der Waals surface area contributed by atoms with Crippen LogP contribution in [-0.4, -0.2) is 68.4 Å². The third-order valence-electron chi connectivity index (χ3n) is 6.01. The summed E-state index contributed by atoms with van der Waals surface area (Å²) in [5.74, 6) is 0.924. The van der Waals surface area contributed by atoms with Crippen LogP contribution < -0.4 is 9.46 Å². The number of pyridine rings is 1. The van der Waals surface area contributed by atoms with Crippen molar-refractivity contribution >= 4 is 15.9 Å². The number of amides is 1. The van der Waals surface area contributed by atoms with Crippen LogP contribution in [0.15, 0.2) is 18.5 Å². The van der Waals surface area contributed by atoms with Crippen molar-refractivity contribution in [3.05, 3.63) is 24.0 Å². The lowest BCUT2D eigenvalue weighted by atomic mass is 9.83. The van der Waals surface area contributed by atoms with Gasteiger partial charge >= 0.3 is 0 Å². The minimum Gasteiger partial charge on any atom is -0.483 e. The smallest absolute Gasteiger partial charge is 0.260 e. The van der Waals surface area contributed by atoms with Gasteiger partial charge in [-0.3, -0.25) is 9.78 Å². The van der Waals surface area contributed by atoms with E-state index in [1.54, 1.807) is 11.1 Å². The Labute approximate surface area is 165 Å². The lowest BCUT2D eigenvalue weighted by Crippen LogP contribution is -2.50. The number of hydrogen-bond acceptors (Lipinski definition) is 6. The van der Waals surface area contributed by atoms with E-state index < -0.39 is 10.0 Å². The molecule has 0 spiro atoms. The number of sulfonamides is 1. The SMILES string of the molecule is CS(=O)(=O)N[C@H]1CCN2C(=O)COc3ccncc3C3CCC(CC3)OC[C@@H]12. The molecule has 1 aromatic rings. The number of fused-ring (bicyclic) bond motifs is 5. The summed E-state index contributed by atoms with van der Waals surface area (Å²) in [5, 5.41) is 0. The minimum absolute atomic E-state index is 0.0741. The van der Waals surface area contributed by atoms with Gasteiger partial charge in [-0.05, 0) is 44.1 Å². The summed E-state index contributed by atoms with van der Waals surface area (Å²) in [5.41, 5.74) is 1.06. The van der Waals surface area contributed by atoms with Gasteiger partial charge in [0.25, 0.3) is 5.91 Å². The van der Waals surface area contributed by atoms with Crippen LogP contribution in [0, 0.1) is 0 Å². The second kappa shape index (κ2) is 7.96. The first-order chi connectivity index (χ1) is 13.4. The number of nitrogens with zero attached hydrogens (tertiary/aromatic N) is 2. The largest absolute Gasteiger partial charge is 0.483 e. The molecule has 2 atom stereocenters. The number of carbonyl (C=O) groups is 1. The van der Waals surface area contributed by atoms with Crippen molar-refractivity contribution in [2.24, 2.45) is 0 Å². The second-order valence-electron chi connectivity index (χ2n) is 7.95. The van der Waals surface area contributed by atoms with Gasteiger partial charge in [0, 0.05) is 30.5 Å². The molecule has 1 aliphatic carbocycles. The predicted octanol–water partition coefficient (Wildman–Crippen LogP) is 1.04. The molecule has 8 nitrogen and oxygen atoms in total. The minimum atomic E-state index is -3.36. The first-order valence-corrected chi connectivity index (χ1v) is 11.7. The van der Waals surface area contributed by atoms with Crippen molar-refractivity contribution in [2.75, 3.05) is 26.0 Å². The molecule has 4 heterocycles. The Morgan fingerprint density at radius 2 is 2.00 bits per heavy atom. The maximum atomic E-state index is 12.8. The van der Waals surface area contributed by atoms with Crippen LogP contribution in [-0.2, 0) is 19.6 Å². The van der Waals surface area contributed by atoms with Crippen molar-refractivity contribution in [3.8, 4) is 5.75 Å². The van der Waals surface area contributed by atoms with Gasteiger partial charge in [0.1, 0.15) is 5.75 Å². The zero-order valence-electron chi connectivity index (χ0n) is 16.0. The van der Waals surface area contributed by atoms with Crippen LogP contribution in [0.3, 0.4) is 0 Å². The monoisotopic (exact) mass is 409 g/mol. The number of rotatable bonds is 2. The molecule has 1 saturated heterocycles. The highest BCUT2D eigenvalue weighted by molar-refractivity contribution is 7.88. The number of hydrogen-bond donors (Lipinski definition) is 1. The van der Waals surface area contributed by atoms with E-state index in [1.165, 1.54) is 0 Å². The zero-order valence-corrected chi connectivity index (χ0v) is 16.9. The van der Waals surface area contributed by atoms with Crippen LogP contribution in [0.25, 0.3) is 0 Å². The Balaban J connectivity index is 1.59. The van der Waals surface area contributed by atoms with Gasteiger partial charge in [-0.1, -0.05) is 0 Å². The molecule has 5 rings (SSSR count). The molecule has 0 aromatic carbocycles. The summed E-state index contributed by atoms with van der Waals surface area (Å²) in [7, 11) is -3.36. The second-order valence-corrected chi connectivity index (χ2v) is 9.73. The average Bonchev–Trinajstić information content (AvgIpc) is 3.05. The van der Waals surface area contributed by atoms with Crippen molar-refractivity contribution in [1.29, 1.82) is 0 Å². The quantitative estimate of drug-likeness (QED) is 0.784. The standard InChI is InChI=1S/C19H27N3O5S/c1-28(24,25)21-16-7-9-22-17(16)11-26-14-4-2-13(3-5-14)15-10-20-8-6-18(15)27-12-19(22)23/h6,8,10,13-14,16-17,21H,2-5,7,9,11-12H2,1H3/t13?,14?,16-,17-/m0/s1. The lowest BCUT2D eigenvalue weighted by Gasteiger charge is -2.32. The van der Waals surface area contributed by atoms with Gasteiger partial charge in [-0.15, -0.1) is 0 Å². The normalized spacial score (nSPS) is 31.2. The van der Waals surface area contributed by atoms with E-state index in [2.05, 4.69) is 9.71 Å². The Bertz CT molecular complexity index is 823. The average molecular weight is 410 g/mol. The Kier molecular flexibility index (Phi) is 5.57. The van der Waals surface area contributed by atoms with Gasteiger partial charge in [0.2, 0.25) is 10.0 Å². The molecule has 28 heavy (non-hydrogen) atoms. The Morgan fingerprint density at radius 1 is 1.21 bits per heavy atom. The first kappa shape index (κ1) is 19.6. The molecule has 1 aromatic heterocycles. The topological polar surface area (TPSA) is 97.8 Å². The molecule has 9 heteroatoms. The molecule has 2 fully saturated rings. The molecule has 0 radical (unpaired) electrons. The highest BCUT2D eigenvalue weighted by Crippen LogP contribution is 2.38. The van der Waals surface area contributed by atoms with Crippen molar-refractivity contribution in [3.63, 3.8) is 0 Å². The van der Waals surface area contributed by atoms with Crippen LogP contribution in [0.5, 0.6) is 5.75 Å². The maximum absolute atomic E-state index is 12.8. The Hall–Kier alpha value is -1.71. The fourth-order valence-electron chi connectivity index (χ4n) is 4.61. The molecule has 154 valence electrons. The number of carbonyl (C=O) groups excluding carboxylic acids is 1. The van der Waals surface area contributed by atoms with Gasteiger partial charge in [0.05, 0.1) is 25.0 Å². The fraction of sp³-hybridized carbons (Fsp3) is 0.684. The van der Waals surface area contributed by atoms with Gasteiger partial charge in [-0.25, -0.2) is 13.1 Å². The van der Waals surface area contributed by atoms with Crippen molar-refractivity contribution in [2.45, 2.75) is 56.2 Å². The molecule has 2 bridgehead atoms. The van der Waals surface area contributed by atoms with E-state index in [-0.39, 0.29) is 30.7 Å². The predicted molar refractivity (Wildman–Crippen MR) is 103 cm³/mol. The number of ether oxygens (including phenoxy) is 2. The summed E-state index contributed by atoms with van der Waals surface area (Å²) < 4.78 is 38.2. The van der Waals surface area contributed by atoms with Gasteiger partial charge < -0.3 is 14.4 Å². The molecule has 1 saturated carbocycles. The number of aromatic nitrogens is 1. The van der Waals surface area contributed by atoms with Gasteiger partial charge in [0.15, 0.2) is 6.61 Å². The van der Waals surface area contributed by atoms with Crippen LogP contribution in [0.2, 0.25) is 0 Å². The van der Waals surface area contributed by atoms with E-state index in [0.29, 0.717) is 31.2 Å². The van der Waals surface area contributed by atoms with E-state index in [9.17, 15) is 13.2 Å². The third kappa shape index (κ3) is 4.31. The number of nitrogens with one attached hydrogen (secondary N) is 1. The summed E-state index contributed by atoms with van der Waals surface area (Å²) in [6, 6.07) is 1.17. The molecule has 1 amide bonds. The molecule has 3 aliphatic heterocycles.